The standard InChI is InChI=1S/C34H33FN2O4Si/c1-21-31(42(2,3)35)29(17-18-38)41-34(21)26-19-24(15-16-27(26)36(33(34)40)20-22-9-5-4-6-10-22)37-28-14-8-12-23-11-7-13-25(30(23)28)32(37)39/h4-16,19,21,29,31,38H,17-18,20H2,1-3H3/t21-,29+,31-,34+/m0/s1. The molecule has 3 aliphatic rings. The molecule has 0 aliphatic carbocycles. The third kappa shape index (κ3) is 3.75. The van der Waals surface area contributed by atoms with Crippen molar-refractivity contribution < 1.29 is 23.5 Å². The molecule has 3 heterocycles. The van der Waals surface area contributed by atoms with Crippen molar-refractivity contribution in [1.82, 2.24) is 0 Å². The maximum Gasteiger partial charge on any atom is 0.264 e. The van der Waals surface area contributed by atoms with Gasteiger partial charge in [0.2, 0.25) is 8.41 Å². The predicted molar refractivity (Wildman–Crippen MR) is 164 cm³/mol. The molecule has 3 aliphatic heterocycles. The number of halogens is 1. The summed E-state index contributed by atoms with van der Waals surface area (Å²) in [5, 5.41) is 11.8. The Balaban J connectivity index is 1.40. The van der Waals surface area contributed by atoms with Crippen molar-refractivity contribution in [3.8, 4) is 0 Å². The number of hydrogen-bond acceptors (Lipinski definition) is 4. The molecular formula is C34H33FN2O4Si. The number of nitrogens with zero attached hydrogens (tertiary/aromatic N) is 2. The SMILES string of the molecule is C[C@H]1[C@H]([Si](C)(C)F)[C@@H](CCO)O[C@]12C(=O)N(Cc1ccccc1)c1ccc(N3C(=O)c4cccc5cccc3c45)cc12. The topological polar surface area (TPSA) is 70.1 Å². The minimum absolute atomic E-state index is 0.130. The number of anilines is 3. The van der Waals surface area contributed by atoms with Gasteiger partial charge in [0.25, 0.3) is 11.8 Å². The Labute approximate surface area is 245 Å². The highest BCUT2D eigenvalue weighted by atomic mass is 28.4. The smallest absolute Gasteiger partial charge is 0.264 e. The largest absolute Gasteiger partial charge is 0.396 e. The van der Waals surface area contributed by atoms with Gasteiger partial charge in [0.05, 0.1) is 29.6 Å². The number of rotatable bonds is 6. The van der Waals surface area contributed by atoms with Crippen LogP contribution in [-0.4, -0.2) is 38.0 Å². The third-order valence-corrected chi connectivity index (χ3v) is 11.8. The molecule has 4 aromatic rings. The molecule has 1 saturated heterocycles. The highest BCUT2D eigenvalue weighted by Crippen LogP contribution is 2.61. The van der Waals surface area contributed by atoms with E-state index in [4.69, 9.17) is 4.74 Å². The number of hydrogen-bond donors (Lipinski definition) is 1. The van der Waals surface area contributed by atoms with Crippen LogP contribution in [0.5, 0.6) is 0 Å². The molecule has 1 spiro atoms. The van der Waals surface area contributed by atoms with Crippen LogP contribution in [0.1, 0.15) is 34.8 Å². The van der Waals surface area contributed by atoms with Crippen LogP contribution in [0.2, 0.25) is 18.6 Å². The maximum atomic E-state index is 16.0. The van der Waals surface area contributed by atoms with Gasteiger partial charge in [-0.1, -0.05) is 61.5 Å². The fraction of sp³-hybridized carbons (Fsp3) is 0.294. The first-order valence-corrected chi connectivity index (χ1v) is 17.5. The molecule has 4 aromatic carbocycles. The minimum Gasteiger partial charge on any atom is -0.396 e. The van der Waals surface area contributed by atoms with Crippen LogP contribution in [0, 0.1) is 5.92 Å². The van der Waals surface area contributed by atoms with Gasteiger partial charge in [-0.15, -0.1) is 0 Å². The highest BCUT2D eigenvalue weighted by molar-refractivity contribution is 6.72. The van der Waals surface area contributed by atoms with E-state index in [9.17, 15) is 14.7 Å². The molecule has 0 aromatic heterocycles. The molecule has 6 nitrogen and oxygen atoms in total. The average Bonchev–Trinajstić information content (AvgIpc) is 3.52. The zero-order chi connectivity index (χ0) is 29.4. The number of benzene rings is 4. The van der Waals surface area contributed by atoms with Crippen molar-refractivity contribution >= 4 is 48.1 Å². The third-order valence-electron chi connectivity index (χ3n) is 9.36. The Morgan fingerprint density at radius 1 is 0.952 bits per heavy atom. The molecule has 1 fully saturated rings. The van der Waals surface area contributed by atoms with Gasteiger partial charge in [0.1, 0.15) is 0 Å². The summed E-state index contributed by atoms with van der Waals surface area (Å²) in [7, 11) is -3.32. The van der Waals surface area contributed by atoms with Crippen molar-refractivity contribution in [3.63, 3.8) is 0 Å². The van der Waals surface area contributed by atoms with E-state index in [-0.39, 0.29) is 24.8 Å². The van der Waals surface area contributed by atoms with Gasteiger partial charge in [-0.05, 0) is 60.8 Å². The van der Waals surface area contributed by atoms with E-state index in [0.29, 0.717) is 29.0 Å². The molecule has 0 radical (unpaired) electrons. The first-order valence-electron chi connectivity index (χ1n) is 14.5. The predicted octanol–water partition coefficient (Wildman–Crippen LogP) is 6.84. The maximum absolute atomic E-state index is 16.0. The Kier molecular flexibility index (Phi) is 6.17. The summed E-state index contributed by atoms with van der Waals surface area (Å²) in [4.78, 5) is 31.8. The highest BCUT2D eigenvalue weighted by Gasteiger charge is 2.66. The molecule has 42 heavy (non-hydrogen) atoms. The zero-order valence-corrected chi connectivity index (χ0v) is 24.9. The van der Waals surface area contributed by atoms with E-state index in [1.807, 2.05) is 91.9 Å². The quantitative estimate of drug-likeness (QED) is 0.200. The number of amides is 2. The summed E-state index contributed by atoms with van der Waals surface area (Å²) < 4.78 is 22.7. The Hall–Kier alpha value is -3.85. The number of aliphatic hydroxyl groups excluding tert-OH is 1. The van der Waals surface area contributed by atoms with E-state index in [1.54, 1.807) is 22.9 Å². The van der Waals surface area contributed by atoms with Gasteiger partial charge >= 0.3 is 0 Å². The molecule has 4 atom stereocenters. The van der Waals surface area contributed by atoms with Gasteiger partial charge in [0, 0.05) is 34.7 Å². The van der Waals surface area contributed by atoms with Crippen molar-refractivity contribution in [2.75, 3.05) is 16.4 Å². The summed E-state index contributed by atoms with van der Waals surface area (Å²) in [6.07, 6.45) is -0.347. The monoisotopic (exact) mass is 580 g/mol. The lowest BCUT2D eigenvalue weighted by Gasteiger charge is -2.31. The molecule has 0 unspecified atom stereocenters. The summed E-state index contributed by atoms with van der Waals surface area (Å²) in [6.45, 7) is 5.39. The van der Waals surface area contributed by atoms with Crippen LogP contribution in [0.3, 0.4) is 0 Å². The summed E-state index contributed by atoms with van der Waals surface area (Å²) >= 11 is 0. The molecule has 214 valence electrons. The second kappa shape index (κ2) is 9.59. The van der Waals surface area contributed by atoms with E-state index >= 15 is 4.11 Å². The average molecular weight is 581 g/mol. The van der Waals surface area contributed by atoms with E-state index in [0.717, 1.165) is 22.0 Å². The molecular weight excluding hydrogens is 547 g/mol. The molecule has 1 N–H and O–H groups in total. The molecule has 0 bridgehead atoms. The van der Waals surface area contributed by atoms with Crippen LogP contribution < -0.4 is 9.80 Å². The summed E-state index contributed by atoms with van der Waals surface area (Å²) in [5.74, 6) is -0.833. The van der Waals surface area contributed by atoms with E-state index in [2.05, 4.69) is 0 Å². The lowest BCUT2D eigenvalue weighted by atomic mass is 9.82. The van der Waals surface area contributed by atoms with Gasteiger partial charge in [-0.2, -0.15) is 0 Å². The van der Waals surface area contributed by atoms with Gasteiger partial charge in [-0.3, -0.25) is 14.5 Å². The molecule has 7 rings (SSSR count). The first kappa shape index (κ1) is 27.0. The summed E-state index contributed by atoms with van der Waals surface area (Å²) in [6, 6.07) is 27.0. The second-order valence-corrected chi connectivity index (χ2v) is 16.0. The fourth-order valence-corrected chi connectivity index (χ4v) is 10.2. The Morgan fingerprint density at radius 2 is 1.69 bits per heavy atom. The zero-order valence-electron chi connectivity index (χ0n) is 23.9. The Morgan fingerprint density at radius 3 is 2.40 bits per heavy atom. The van der Waals surface area contributed by atoms with Crippen molar-refractivity contribution in [2.24, 2.45) is 5.92 Å². The lowest BCUT2D eigenvalue weighted by Crippen LogP contribution is -2.45. The number of carbonyl (C=O) groups excluding carboxylic acids is 2. The minimum atomic E-state index is -3.32. The van der Waals surface area contributed by atoms with Gasteiger partial charge in [-0.25, -0.2) is 0 Å². The normalized spacial score (nSPS) is 24.8. The second-order valence-electron chi connectivity index (χ2n) is 12.2. The summed E-state index contributed by atoms with van der Waals surface area (Å²) in [5.41, 5.74) is 2.45. The molecule has 8 heteroatoms. The van der Waals surface area contributed by atoms with Gasteiger partial charge < -0.3 is 18.9 Å². The van der Waals surface area contributed by atoms with Crippen LogP contribution in [0.25, 0.3) is 10.8 Å². The van der Waals surface area contributed by atoms with Crippen LogP contribution >= 0.6 is 0 Å². The van der Waals surface area contributed by atoms with E-state index < -0.39 is 31.6 Å². The first-order chi connectivity index (χ1) is 20.2. The fourth-order valence-electron chi connectivity index (χ4n) is 7.67. The lowest BCUT2D eigenvalue weighted by molar-refractivity contribution is -0.146. The molecule has 0 saturated carbocycles. The van der Waals surface area contributed by atoms with E-state index in [1.165, 1.54) is 0 Å². The number of aliphatic hydroxyl groups is 1. The van der Waals surface area contributed by atoms with Crippen LogP contribution in [0.15, 0.2) is 84.9 Å². The Bertz CT molecular complexity index is 1730. The van der Waals surface area contributed by atoms with Crippen LogP contribution in [0.4, 0.5) is 21.2 Å². The van der Waals surface area contributed by atoms with Crippen molar-refractivity contribution in [3.05, 3.63) is 102 Å². The number of fused-ring (bicyclic) bond motifs is 2. The number of carbonyl (C=O) groups is 2. The van der Waals surface area contributed by atoms with Gasteiger partial charge in [0.15, 0.2) is 5.60 Å². The number of ether oxygens (including phenoxy) is 1. The van der Waals surface area contributed by atoms with Crippen molar-refractivity contribution in [1.29, 1.82) is 0 Å². The van der Waals surface area contributed by atoms with Crippen LogP contribution in [-0.2, 0) is 21.7 Å². The van der Waals surface area contributed by atoms with Crippen molar-refractivity contribution in [2.45, 2.75) is 50.2 Å². The molecule has 2 amide bonds.